The summed E-state index contributed by atoms with van der Waals surface area (Å²) in [5.41, 5.74) is 1.36. The van der Waals surface area contributed by atoms with Crippen molar-refractivity contribution in [3.8, 4) is 0 Å². The second kappa shape index (κ2) is 8.93. The molecule has 0 fully saturated rings. The number of benzene rings is 1. The minimum Gasteiger partial charge on any atom is -0.481 e. The zero-order valence-electron chi connectivity index (χ0n) is 11.7. The lowest BCUT2D eigenvalue weighted by atomic mass is 10.0. The number of hydrogen-bond donors (Lipinski definition) is 4. The number of nitrogens with one attached hydrogen (secondary N) is 1. The summed E-state index contributed by atoms with van der Waals surface area (Å²) in [6, 6.07) is 6.55. The average Bonchev–Trinajstić information content (AvgIpc) is 2.45. The zero-order chi connectivity index (χ0) is 15.7. The SMILES string of the molecule is O=C(O)Cc1ccccc1CNC(=O)N(CCO)CCO. The van der Waals surface area contributed by atoms with Crippen LogP contribution >= 0.6 is 0 Å². The van der Waals surface area contributed by atoms with Gasteiger partial charge in [-0.25, -0.2) is 4.79 Å². The first-order valence-electron chi connectivity index (χ1n) is 6.61. The number of carboxylic acid groups (broad SMARTS) is 1. The molecular weight excluding hydrogens is 276 g/mol. The van der Waals surface area contributed by atoms with Crippen molar-refractivity contribution in [2.45, 2.75) is 13.0 Å². The van der Waals surface area contributed by atoms with E-state index in [0.29, 0.717) is 5.56 Å². The van der Waals surface area contributed by atoms with Crippen molar-refractivity contribution in [3.63, 3.8) is 0 Å². The number of carbonyl (C=O) groups is 2. The number of aliphatic carboxylic acids is 1. The van der Waals surface area contributed by atoms with Crippen LogP contribution in [0.4, 0.5) is 4.79 Å². The maximum atomic E-state index is 11.9. The highest BCUT2D eigenvalue weighted by Gasteiger charge is 2.13. The van der Waals surface area contributed by atoms with Gasteiger partial charge in [0.15, 0.2) is 0 Å². The van der Waals surface area contributed by atoms with Gasteiger partial charge in [0.1, 0.15) is 0 Å². The Hall–Kier alpha value is -2.12. The van der Waals surface area contributed by atoms with E-state index in [1.807, 2.05) is 0 Å². The van der Waals surface area contributed by atoms with Gasteiger partial charge in [0.05, 0.1) is 19.6 Å². The Bertz CT molecular complexity index is 472. The first kappa shape index (κ1) is 16.9. The van der Waals surface area contributed by atoms with Gasteiger partial charge in [0, 0.05) is 19.6 Å². The molecule has 0 heterocycles. The normalized spacial score (nSPS) is 10.2. The van der Waals surface area contributed by atoms with E-state index < -0.39 is 12.0 Å². The maximum Gasteiger partial charge on any atom is 0.317 e. The second-order valence-electron chi connectivity index (χ2n) is 4.43. The maximum absolute atomic E-state index is 11.9. The van der Waals surface area contributed by atoms with Gasteiger partial charge < -0.3 is 25.5 Å². The lowest BCUT2D eigenvalue weighted by molar-refractivity contribution is -0.136. The largest absolute Gasteiger partial charge is 0.481 e. The third-order valence-corrected chi connectivity index (χ3v) is 2.92. The van der Waals surface area contributed by atoms with Crippen LogP contribution in [0.25, 0.3) is 0 Å². The number of hydrogen-bond acceptors (Lipinski definition) is 4. The standard InChI is InChI=1S/C14H20N2O5/c17-7-5-16(6-8-18)14(21)15-10-12-4-2-1-3-11(12)9-13(19)20/h1-4,17-18H,5-10H2,(H,15,21)(H,19,20). The minimum atomic E-state index is -0.934. The Morgan fingerprint density at radius 2 is 1.62 bits per heavy atom. The number of carboxylic acids is 1. The van der Waals surface area contributed by atoms with Gasteiger partial charge in [0.25, 0.3) is 0 Å². The van der Waals surface area contributed by atoms with E-state index in [1.54, 1.807) is 24.3 Å². The molecule has 0 unspecified atom stereocenters. The van der Waals surface area contributed by atoms with Gasteiger partial charge in [-0.3, -0.25) is 4.79 Å². The van der Waals surface area contributed by atoms with E-state index in [-0.39, 0.29) is 39.3 Å². The highest BCUT2D eigenvalue weighted by Crippen LogP contribution is 2.09. The fraction of sp³-hybridized carbons (Fsp3) is 0.429. The summed E-state index contributed by atoms with van der Waals surface area (Å²) in [5.74, 6) is -0.934. The van der Waals surface area contributed by atoms with Crippen LogP contribution < -0.4 is 5.32 Å². The molecular formula is C14H20N2O5. The van der Waals surface area contributed by atoms with Crippen LogP contribution in [-0.4, -0.2) is 58.5 Å². The first-order valence-corrected chi connectivity index (χ1v) is 6.61. The average molecular weight is 296 g/mol. The molecule has 0 aliphatic heterocycles. The van der Waals surface area contributed by atoms with Crippen molar-refractivity contribution in [3.05, 3.63) is 35.4 Å². The molecule has 1 aromatic rings. The molecule has 0 aliphatic rings. The van der Waals surface area contributed by atoms with Crippen molar-refractivity contribution in [1.82, 2.24) is 10.2 Å². The van der Waals surface area contributed by atoms with Crippen LogP contribution in [0, 0.1) is 0 Å². The van der Waals surface area contributed by atoms with Gasteiger partial charge in [-0.2, -0.15) is 0 Å². The van der Waals surface area contributed by atoms with Crippen LogP contribution in [0.1, 0.15) is 11.1 Å². The molecule has 0 saturated carbocycles. The molecule has 1 aromatic carbocycles. The van der Waals surface area contributed by atoms with Gasteiger partial charge in [-0.05, 0) is 11.1 Å². The molecule has 0 atom stereocenters. The van der Waals surface area contributed by atoms with Crippen molar-refractivity contribution >= 4 is 12.0 Å². The number of urea groups is 1. The lowest BCUT2D eigenvalue weighted by Gasteiger charge is -2.21. The van der Waals surface area contributed by atoms with Crippen molar-refractivity contribution in [2.24, 2.45) is 0 Å². The van der Waals surface area contributed by atoms with Crippen molar-refractivity contribution in [1.29, 1.82) is 0 Å². The fourth-order valence-corrected chi connectivity index (χ4v) is 1.90. The zero-order valence-corrected chi connectivity index (χ0v) is 11.7. The molecule has 21 heavy (non-hydrogen) atoms. The number of amides is 2. The number of nitrogens with zero attached hydrogens (tertiary/aromatic N) is 1. The Labute approximate surface area is 122 Å². The van der Waals surface area contributed by atoms with E-state index in [1.165, 1.54) is 4.90 Å². The molecule has 0 radical (unpaired) electrons. The fourth-order valence-electron chi connectivity index (χ4n) is 1.90. The van der Waals surface area contributed by atoms with Crippen LogP contribution in [0.15, 0.2) is 24.3 Å². The molecule has 4 N–H and O–H groups in total. The monoisotopic (exact) mass is 296 g/mol. The summed E-state index contributed by atoms with van der Waals surface area (Å²) in [5, 5.41) is 29.2. The highest BCUT2D eigenvalue weighted by molar-refractivity contribution is 5.74. The summed E-state index contributed by atoms with van der Waals surface area (Å²) in [4.78, 5) is 24.0. The summed E-state index contributed by atoms with van der Waals surface area (Å²) in [6.45, 7) is 0.0635. The van der Waals surface area contributed by atoms with E-state index in [4.69, 9.17) is 15.3 Å². The van der Waals surface area contributed by atoms with Crippen molar-refractivity contribution in [2.75, 3.05) is 26.3 Å². The van der Waals surface area contributed by atoms with Gasteiger partial charge in [0.2, 0.25) is 0 Å². The predicted molar refractivity (Wildman–Crippen MR) is 75.8 cm³/mol. The van der Waals surface area contributed by atoms with Crippen LogP contribution in [0.3, 0.4) is 0 Å². The molecule has 0 aromatic heterocycles. The van der Waals surface area contributed by atoms with Crippen LogP contribution in [0.2, 0.25) is 0 Å². The van der Waals surface area contributed by atoms with Crippen LogP contribution in [0.5, 0.6) is 0 Å². The number of aliphatic hydroxyl groups is 2. The van der Waals surface area contributed by atoms with Crippen LogP contribution in [-0.2, 0) is 17.8 Å². The minimum absolute atomic E-state index is 0.108. The first-order chi connectivity index (χ1) is 10.1. The Morgan fingerprint density at radius 3 is 2.14 bits per heavy atom. The molecule has 116 valence electrons. The smallest absolute Gasteiger partial charge is 0.317 e. The Morgan fingerprint density at radius 1 is 1.05 bits per heavy atom. The summed E-state index contributed by atoms with van der Waals surface area (Å²) in [6.07, 6.45) is -0.108. The van der Waals surface area contributed by atoms with Gasteiger partial charge in [-0.15, -0.1) is 0 Å². The van der Waals surface area contributed by atoms with Crippen molar-refractivity contribution < 1.29 is 24.9 Å². The molecule has 7 nitrogen and oxygen atoms in total. The van der Waals surface area contributed by atoms with Gasteiger partial charge >= 0.3 is 12.0 Å². The quantitative estimate of drug-likeness (QED) is 0.531. The molecule has 0 spiro atoms. The Balaban J connectivity index is 2.65. The number of rotatable bonds is 8. The van der Waals surface area contributed by atoms with E-state index in [0.717, 1.165) is 5.56 Å². The summed E-state index contributed by atoms with van der Waals surface area (Å²) < 4.78 is 0. The molecule has 2 amide bonds. The third kappa shape index (κ3) is 5.80. The van der Waals surface area contributed by atoms with E-state index >= 15 is 0 Å². The Kier molecular flexibility index (Phi) is 7.20. The van der Waals surface area contributed by atoms with Gasteiger partial charge in [-0.1, -0.05) is 24.3 Å². The lowest BCUT2D eigenvalue weighted by Crippen LogP contribution is -2.42. The molecule has 7 heteroatoms. The topological polar surface area (TPSA) is 110 Å². The molecule has 0 bridgehead atoms. The highest BCUT2D eigenvalue weighted by atomic mass is 16.4. The summed E-state index contributed by atoms with van der Waals surface area (Å²) in [7, 11) is 0. The predicted octanol–water partition coefficient (Wildman–Crippen LogP) is -0.190. The van der Waals surface area contributed by atoms with E-state index in [9.17, 15) is 9.59 Å². The second-order valence-corrected chi connectivity index (χ2v) is 4.43. The number of carbonyl (C=O) groups excluding carboxylic acids is 1. The molecule has 0 saturated heterocycles. The number of aliphatic hydroxyl groups excluding tert-OH is 2. The van der Waals surface area contributed by atoms with E-state index in [2.05, 4.69) is 5.32 Å². The molecule has 0 aliphatic carbocycles. The molecule has 1 rings (SSSR count). The summed E-state index contributed by atoms with van der Waals surface area (Å²) >= 11 is 0. The third-order valence-electron chi connectivity index (χ3n) is 2.92.